The number of benzene rings is 1. The van der Waals surface area contributed by atoms with E-state index in [1.165, 1.54) is 0 Å². The number of hydrogen-bond donors (Lipinski definition) is 2. The molecule has 0 bridgehead atoms. The van der Waals surface area contributed by atoms with Crippen LogP contribution in [0, 0.1) is 0 Å². The second-order valence-corrected chi connectivity index (χ2v) is 3.97. The van der Waals surface area contributed by atoms with Crippen molar-refractivity contribution in [2.24, 2.45) is 0 Å². The van der Waals surface area contributed by atoms with E-state index in [4.69, 9.17) is 4.74 Å². The van der Waals surface area contributed by atoms with Gasteiger partial charge in [-0.25, -0.2) is 0 Å². The Morgan fingerprint density at radius 2 is 2.29 bits per heavy atom. The molecule has 0 saturated carbocycles. The van der Waals surface area contributed by atoms with Crippen LogP contribution in [0.5, 0.6) is 0 Å². The highest BCUT2D eigenvalue weighted by Gasteiger charge is 2.47. The summed E-state index contributed by atoms with van der Waals surface area (Å²) in [4.78, 5) is 0. The highest BCUT2D eigenvalue weighted by Crippen LogP contribution is 2.44. The molecule has 2 atom stereocenters. The summed E-state index contributed by atoms with van der Waals surface area (Å²) in [6.07, 6.45) is 1.44. The molecular weight excluding hydrogens is 178 g/mol. The second-order valence-electron chi connectivity index (χ2n) is 3.97. The van der Waals surface area contributed by atoms with Gasteiger partial charge in [0.1, 0.15) is 5.60 Å². The minimum Gasteiger partial charge on any atom is -0.380 e. The van der Waals surface area contributed by atoms with E-state index in [1.54, 1.807) is 0 Å². The smallest absolute Gasteiger partial charge is 0.161 e. The molecule has 1 aromatic rings. The maximum Gasteiger partial charge on any atom is 0.161 e. The molecule has 3 rings (SSSR count). The van der Waals surface area contributed by atoms with Gasteiger partial charge in [0.15, 0.2) is 6.23 Å². The van der Waals surface area contributed by atoms with Crippen molar-refractivity contribution in [2.75, 3.05) is 11.9 Å². The van der Waals surface area contributed by atoms with Crippen LogP contribution < -0.4 is 5.32 Å². The zero-order chi connectivity index (χ0) is 9.60. The van der Waals surface area contributed by atoms with Crippen LogP contribution in [0.4, 0.5) is 5.69 Å². The molecule has 2 N–H and O–H groups in total. The first-order valence-corrected chi connectivity index (χ1v) is 5.01. The summed E-state index contributed by atoms with van der Waals surface area (Å²) in [5.41, 5.74) is 1.17. The SMILES string of the molecule is OC12CCCOC1Nc1ccccc12. The number of anilines is 1. The van der Waals surface area contributed by atoms with Crippen molar-refractivity contribution in [1.29, 1.82) is 0 Å². The van der Waals surface area contributed by atoms with Crippen LogP contribution in [0.2, 0.25) is 0 Å². The van der Waals surface area contributed by atoms with Crippen LogP contribution in [0.25, 0.3) is 0 Å². The lowest BCUT2D eigenvalue weighted by Gasteiger charge is -2.34. The van der Waals surface area contributed by atoms with Gasteiger partial charge in [0.25, 0.3) is 0 Å². The third kappa shape index (κ3) is 0.938. The lowest BCUT2D eigenvalue weighted by Crippen LogP contribution is -2.44. The molecule has 0 aromatic heterocycles. The van der Waals surface area contributed by atoms with E-state index >= 15 is 0 Å². The minimum absolute atomic E-state index is 0.256. The first-order valence-electron chi connectivity index (χ1n) is 5.01. The van der Waals surface area contributed by atoms with Crippen molar-refractivity contribution in [1.82, 2.24) is 0 Å². The molecule has 3 nitrogen and oxygen atoms in total. The summed E-state index contributed by atoms with van der Waals surface area (Å²) in [7, 11) is 0. The predicted molar refractivity (Wildman–Crippen MR) is 52.9 cm³/mol. The largest absolute Gasteiger partial charge is 0.380 e. The van der Waals surface area contributed by atoms with Gasteiger partial charge in [0.05, 0.1) is 0 Å². The second kappa shape index (κ2) is 2.72. The van der Waals surface area contributed by atoms with E-state index in [-0.39, 0.29) is 6.23 Å². The van der Waals surface area contributed by atoms with Crippen LogP contribution >= 0.6 is 0 Å². The van der Waals surface area contributed by atoms with Gasteiger partial charge in [-0.1, -0.05) is 18.2 Å². The maximum absolute atomic E-state index is 10.5. The van der Waals surface area contributed by atoms with Crippen molar-refractivity contribution in [2.45, 2.75) is 24.7 Å². The van der Waals surface area contributed by atoms with Crippen LogP contribution in [-0.4, -0.2) is 17.9 Å². The Labute approximate surface area is 82.7 Å². The average molecular weight is 191 g/mol. The van der Waals surface area contributed by atoms with Gasteiger partial charge in [-0.05, 0) is 18.9 Å². The molecule has 1 aromatic carbocycles. The van der Waals surface area contributed by atoms with Crippen LogP contribution in [0.15, 0.2) is 24.3 Å². The third-order valence-corrected chi connectivity index (χ3v) is 3.10. The van der Waals surface area contributed by atoms with Crippen molar-refractivity contribution >= 4 is 5.69 Å². The Kier molecular flexibility index (Phi) is 1.60. The minimum atomic E-state index is -0.811. The highest BCUT2D eigenvalue weighted by atomic mass is 16.5. The van der Waals surface area contributed by atoms with Crippen molar-refractivity contribution in [3.63, 3.8) is 0 Å². The normalized spacial score (nSPS) is 34.5. The topological polar surface area (TPSA) is 41.5 Å². The fraction of sp³-hybridized carbons (Fsp3) is 0.455. The van der Waals surface area contributed by atoms with E-state index in [0.29, 0.717) is 0 Å². The fourth-order valence-electron chi connectivity index (χ4n) is 2.38. The molecule has 3 heteroatoms. The number of ether oxygens (including phenoxy) is 1. The molecule has 2 heterocycles. The third-order valence-electron chi connectivity index (χ3n) is 3.10. The van der Waals surface area contributed by atoms with Crippen molar-refractivity contribution in [3.8, 4) is 0 Å². The van der Waals surface area contributed by atoms with Gasteiger partial charge in [0, 0.05) is 17.9 Å². The molecule has 14 heavy (non-hydrogen) atoms. The quantitative estimate of drug-likeness (QED) is 0.652. The predicted octanol–water partition coefficient (Wildman–Crippen LogP) is 1.44. The molecule has 0 aliphatic carbocycles. The Hall–Kier alpha value is -1.06. The highest BCUT2D eigenvalue weighted by molar-refractivity contribution is 5.60. The number of hydrogen-bond acceptors (Lipinski definition) is 3. The van der Waals surface area contributed by atoms with Crippen LogP contribution in [-0.2, 0) is 10.3 Å². The van der Waals surface area contributed by atoms with E-state index in [0.717, 1.165) is 30.7 Å². The van der Waals surface area contributed by atoms with Gasteiger partial charge in [-0.2, -0.15) is 0 Å². The zero-order valence-electron chi connectivity index (χ0n) is 7.86. The van der Waals surface area contributed by atoms with E-state index in [2.05, 4.69) is 5.32 Å². The molecule has 74 valence electrons. The van der Waals surface area contributed by atoms with Crippen molar-refractivity contribution in [3.05, 3.63) is 29.8 Å². The summed E-state index contributed by atoms with van der Waals surface area (Å²) >= 11 is 0. The standard InChI is InChI=1S/C11H13NO2/c13-11-6-3-7-14-10(11)12-9-5-2-1-4-8(9)11/h1-2,4-5,10,12-13H,3,6-7H2. The van der Waals surface area contributed by atoms with E-state index in [1.807, 2.05) is 24.3 Å². The fourth-order valence-corrected chi connectivity index (χ4v) is 2.38. The summed E-state index contributed by atoms with van der Waals surface area (Å²) in [5, 5.41) is 13.7. The van der Waals surface area contributed by atoms with Crippen LogP contribution in [0.3, 0.4) is 0 Å². The van der Waals surface area contributed by atoms with Gasteiger partial charge in [-0.15, -0.1) is 0 Å². The Morgan fingerprint density at radius 1 is 1.43 bits per heavy atom. The van der Waals surface area contributed by atoms with Gasteiger partial charge in [0.2, 0.25) is 0 Å². The number of para-hydroxylation sites is 1. The molecule has 2 aliphatic heterocycles. The molecular formula is C11H13NO2. The number of fused-ring (bicyclic) bond motifs is 3. The molecule has 0 spiro atoms. The number of nitrogens with one attached hydrogen (secondary N) is 1. The Balaban J connectivity index is 2.10. The Morgan fingerprint density at radius 3 is 3.21 bits per heavy atom. The molecule has 1 saturated heterocycles. The van der Waals surface area contributed by atoms with Gasteiger partial charge >= 0.3 is 0 Å². The Bertz CT molecular complexity index is 366. The average Bonchev–Trinajstić information content (AvgIpc) is 2.51. The summed E-state index contributed by atoms with van der Waals surface area (Å²) in [6.45, 7) is 0.730. The summed E-state index contributed by atoms with van der Waals surface area (Å²) < 4.78 is 5.53. The lowest BCUT2D eigenvalue weighted by atomic mass is 9.88. The van der Waals surface area contributed by atoms with Gasteiger partial charge in [-0.3, -0.25) is 0 Å². The molecule has 0 amide bonds. The molecule has 2 unspecified atom stereocenters. The number of aliphatic hydroxyl groups is 1. The van der Waals surface area contributed by atoms with Gasteiger partial charge < -0.3 is 15.2 Å². The van der Waals surface area contributed by atoms with Crippen LogP contribution in [0.1, 0.15) is 18.4 Å². The first-order chi connectivity index (χ1) is 6.81. The van der Waals surface area contributed by atoms with E-state index in [9.17, 15) is 5.11 Å². The molecule has 0 radical (unpaired) electrons. The lowest BCUT2D eigenvalue weighted by molar-refractivity contribution is -0.130. The maximum atomic E-state index is 10.5. The first kappa shape index (κ1) is 8.26. The molecule has 1 fully saturated rings. The van der Waals surface area contributed by atoms with Crippen molar-refractivity contribution < 1.29 is 9.84 Å². The summed E-state index contributed by atoms with van der Waals surface area (Å²) in [6, 6.07) is 7.87. The summed E-state index contributed by atoms with van der Waals surface area (Å²) in [5.74, 6) is 0. The van der Waals surface area contributed by atoms with E-state index < -0.39 is 5.60 Å². The molecule has 2 aliphatic rings. The monoisotopic (exact) mass is 191 g/mol. The zero-order valence-corrected chi connectivity index (χ0v) is 7.86. The number of rotatable bonds is 0.